The molecule has 2 heterocycles. The highest BCUT2D eigenvalue weighted by Crippen LogP contribution is 2.32. The van der Waals surface area contributed by atoms with Gasteiger partial charge in [0.25, 0.3) is 0 Å². The van der Waals surface area contributed by atoms with E-state index in [1.54, 1.807) is 11.3 Å². The molecule has 6 nitrogen and oxygen atoms in total. The summed E-state index contributed by atoms with van der Waals surface area (Å²) < 4.78 is 7.40. The number of hydrogen-bond acceptors (Lipinski definition) is 8. The first kappa shape index (κ1) is 16.2. The van der Waals surface area contributed by atoms with E-state index in [4.69, 9.17) is 4.74 Å². The molecule has 2 aromatic heterocycles. The smallest absolute Gasteiger partial charge is 0.236 e. The number of thiazole rings is 1. The van der Waals surface area contributed by atoms with Gasteiger partial charge < -0.3 is 4.74 Å². The van der Waals surface area contributed by atoms with Crippen LogP contribution in [-0.4, -0.2) is 33.4 Å². The zero-order chi connectivity index (χ0) is 16.2. The number of nitrogens with one attached hydrogen (secondary N) is 1. The molecule has 0 unspecified atom stereocenters. The molecule has 3 rings (SSSR count). The van der Waals surface area contributed by atoms with Gasteiger partial charge in [-0.1, -0.05) is 23.1 Å². The fourth-order valence-electron chi connectivity index (χ4n) is 1.83. The average molecular weight is 366 g/mol. The number of anilines is 1. The van der Waals surface area contributed by atoms with Crippen molar-refractivity contribution in [2.45, 2.75) is 18.2 Å². The molecule has 3 aromatic rings. The van der Waals surface area contributed by atoms with Crippen LogP contribution in [0.3, 0.4) is 0 Å². The Kier molecular flexibility index (Phi) is 5.09. The van der Waals surface area contributed by atoms with Gasteiger partial charge in [0.2, 0.25) is 11.0 Å². The Morgan fingerprint density at radius 1 is 1.35 bits per heavy atom. The van der Waals surface area contributed by atoms with Gasteiger partial charge in [-0.3, -0.25) is 10.1 Å². The summed E-state index contributed by atoms with van der Waals surface area (Å²) in [4.78, 5) is 16.4. The minimum atomic E-state index is -0.111. The molecule has 1 aromatic carbocycles. The third-order valence-electron chi connectivity index (χ3n) is 2.75. The van der Waals surface area contributed by atoms with Crippen LogP contribution >= 0.6 is 34.4 Å². The Balaban J connectivity index is 1.61. The topological polar surface area (TPSA) is 77.0 Å². The van der Waals surface area contributed by atoms with Crippen LogP contribution in [0.4, 0.5) is 5.13 Å². The van der Waals surface area contributed by atoms with Crippen molar-refractivity contribution in [2.24, 2.45) is 0 Å². The fourth-order valence-corrected chi connectivity index (χ4v) is 4.34. The summed E-state index contributed by atoms with van der Waals surface area (Å²) in [5.74, 6) is 1.02. The zero-order valence-electron chi connectivity index (χ0n) is 12.5. The Morgan fingerprint density at radius 2 is 2.22 bits per heavy atom. The molecule has 0 aliphatic heterocycles. The number of carbonyl (C=O) groups excluding carboxylic acids is 1. The van der Waals surface area contributed by atoms with Crippen molar-refractivity contribution in [3.63, 3.8) is 0 Å². The number of thioether (sulfide) groups is 1. The second-order valence-corrected chi connectivity index (χ2v) is 7.94. The molecule has 0 saturated carbocycles. The van der Waals surface area contributed by atoms with Gasteiger partial charge in [-0.25, -0.2) is 4.98 Å². The monoisotopic (exact) mass is 366 g/mol. The Morgan fingerprint density at radius 3 is 2.96 bits per heavy atom. The van der Waals surface area contributed by atoms with E-state index in [1.807, 2.05) is 32.0 Å². The third-order valence-corrected chi connectivity index (χ3v) is 5.67. The summed E-state index contributed by atoms with van der Waals surface area (Å²) in [6.07, 6.45) is 0. The maximum Gasteiger partial charge on any atom is 0.236 e. The minimum Gasteiger partial charge on any atom is -0.494 e. The van der Waals surface area contributed by atoms with E-state index < -0.39 is 0 Å². The van der Waals surface area contributed by atoms with Crippen LogP contribution in [0.5, 0.6) is 5.75 Å². The first-order valence-electron chi connectivity index (χ1n) is 6.90. The van der Waals surface area contributed by atoms with Crippen molar-refractivity contribution in [3.8, 4) is 5.75 Å². The van der Waals surface area contributed by atoms with Crippen molar-refractivity contribution < 1.29 is 9.53 Å². The van der Waals surface area contributed by atoms with Gasteiger partial charge in [0.05, 0.1) is 22.6 Å². The molecule has 1 amide bonds. The SMILES string of the molecule is CCOc1ccc2nc(SCC(=O)Nc3nnc(C)s3)sc2c1. The van der Waals surface area contributed by atoms with Crippen molar-refractivity contribution in [1.29, 1.82) is 0 Å². The number of benzene rings is 1. The van der Waals surface area contributed by atoms with Crippen LogP contribution in [0, 0.1) is 6.92 Å². The Hall–Kier alpha value is -1.71. The molecular formula is C14H14N4O2S3. The van der Waals surface area contributed by atoms with E-state index in [0.29, 0.717) is 11.7 Å². The number of hydrogen-bond donors (Lipinski definition) is 1. The summed E-state index contributed by atoms with van der Waals surface area (Å²) in [6, 6.07) is 5.82. The molecule has 23 heavy (non-hydrogen) atoms. The predicted molar refractivity (Wildman–Crippen MR) is 94.8 cm³/mol. The first-order chi connectivity index (χ1) is 11.1. The summed E-state index contributed by atoms with van der Waals surface area (Å²) in [5, 5.41) is 11.8. The van der Waals surface area contributed by atoms with E-state index in [0.717, 1.165) is 25.3 Å². The van der Waals surface area contributed by atoms with E-state index in [9.17, 15) is 4.79 Å². The van der Waals surface area contributed by atoms with Gasteiger partial charge in [-0.2, -0.15) is 0 Å². The summed E-state index contributed by atoms with van der Waals surface area (Å²) >= 11 is 4.32. The van der Waals surface area contributed by atoms with E-state index in [2.05, 4.69) is 20.5 Å². The molecule has 0 atom stereocenters. The molecule has 9 heteroatoms. The fraction of sp³-hybridized carbons (Fsp3) is 0.286. The van der Waals surface area contributed by atoms with E-state index >= 15 is 0 Å². The highest BCUT2D eigenvalue weighted by atomic mass is 32.2. The number of carbonyl (C=O) groups is 1. The highest BCUT2D eigenvalue weighted by molar-refractivity contribution is 8.01. The predicted octanol–water partition coefficient (Wildman–Crippen LogP) is 3.59. The molecule has 1 N–H and O–H groups in total. The number of nitrogens with zero attached hydrogens (tertiary/aromatic N) is 3. The summed E-state index contributed by atoms with van der Waals surface area (Å²) in [5.41, 5.74) is 0.918. The van der Waals surface area contributed by atoms with Crippen molar-refractivity contribution in [1.82, 2.24) is 15.2 Å². The number of rotatable bonds is 6. The van der Waals surface area contributed by atoms with Gasteiger partial charge in [0.1, 0.15) is 10.8 Å². The molecule has 0 radical (unpaired) electrons. The van der Waals surface area contributed by atoms with E-state index in [1.165, 1.54) is 23.1 Å². The van der Waals surface area contributed by atoms with Gasteiger partial charge in [-0.15, -0.1) is 21.5 Å². The molecule has 0 spiro atoms. The normalized spacial score (nSPS) is 10.9. The number of amides is 1. The first-order valence-corrected chi connectivity index (χ1v) is 9.52. The maximum atomic E-state index is 11.9. The third kappa shape index (κ3) is 4.18. The second kappa shape index (κ2) is 7.24. The quantitative estimate of drug-likeness (QED) is 0.672. The molecule has 0 fully saturated rings. The van der Waals surface area contributed by atoms with Gasteiger partial charge in [0, 0.05) is 0 Å². The van der Waals surface area contributed by atoms with Crippen LogP contribution in [0.15, 0.2) is 22.5 Å². The lowest BCUT2D eigenvalue weighted by atomic mass is 10.3. The standard InChI is InChI=1S/C14H14N4O2S3/c1-3-20-9-4-5-10-11(6-9)23-14(15-10)21-7-12(19)16-13-18-17-8(2)22-13/h4-6H,3,7H2,1-2H3,(H,16,18,19). The van der Waals surface area contributed by atoms with Crippen LogP contribution < -0.4 is 10.1 Å². The van der Waals surface area contributed by atoms with Gasteiger partial charge in [-0.05, 0) is 32.0 Å². The molecule has 0 saturated heterocycles. The van der Waals surface area contributed by atoms with Crippen molar-refractivity contribution in [3.05, 3.63) is 23.2 Å². The number of ether oxygens (including phenoxy) is 1. The molecule has 120 valence electrons. The van der Waals surface area contributed by atoms with Crippen LogP contribution in [0.1, 0.15) is 11.9 Å². The maximum absolute atomic E-state index is 11.9. The molecular weight excluding hydrogens is 352 g/mol. The summed E-state index contributed by atoms with van der Waals surface area (Å²) in [6.45, 7) is 4.44. The lowest BCUT2D eigenvalue weighted by Gasteiger charge is -2.00. The minimum absolute atomic E-state index is 0.111. The largest absolute Gasteiger partial charge is 0.494 e. The zero-order valence-corrected chi connectivity index (χ0v) is 15.0. The second-order valence-electron chi connectivity index (χ2n) is 4.51. The van der Waals surface area contributed by atoms with Crippen LogP contribution in [-0.2, 0) is 4.79 Å². The Labute approximate surface area is 145 Å². The van der Waals surface area contributed by atoms with Crippen molar-refractivity contribution >= 4 is 55.7 Å². The van der Waals surface area contributed by atoms with Crippen molar-refractivity contribution in [2.75, 3.05) is 17.7 Å². The van der Waals surface area contributed by atoms with Gasteiger partial charge >= 0.3 is 0 Å². The average Bonchev–Trinajstić information content (AvgIpc) is 3.11. The Bertz CT molecular complexity index is 830. The number of aromatic nitrogens is 3. The van der Waals surface area contributed by atoms with E-state index in [-0.39, 0.29) is 11.7 Å². The van der Waals surface area contributed by atoms with Crippen LogP contribution in [0.2, 0.25) is 0 Å². The lowest BCUT2D eigenvalue weighted by Crippen LogP contribution is -2.13. The molecule has 0 aliphatic rings. The molecule has 0 aliphatic carbocycles. The van der Waals surface area contributed by atoms with Crippen LogP contribution in [0.25, 0.3) is 10.2 Å². The highest BCUT2D eigenvalue weighted by Gasteiger charge is 2.10. The number of fused-ring (bicyclic) bond motifs is 1. The lowest BCUT2D eigenvalue weighted by molar-refractivity contribution is -0.113. The summed E-state index contributed by atoms with van der Waals surface area (Å²) in [7, 11) is 0. The van der Waals surface area contributed by atoms with Gasteiger partial charge in [0.15, 0.2) is 4.34 Å². The number of aryl methyl sites for hydroxylation is 1. The molecule has 0 bridgehead atoms.